The van der Waals surface area contributed by atoms with Gasteiger partial charge in [0.2, 0.25) is 5.91 Å². The summed E-state index contributed by atoms with van der Waals surface area (Å²) in [5.41, 5.74) is 3.59. The van der Waals surface area contributed by atoms with Gasteiger partial charge in [0, 0.05) is 36.6 Å². The van der Waals surface area contributed by atoms with E-state index in [1.807, 2.05) is 17.0 Å². The van der Waals surface area contributed by atoms with Gasteiger partial charge in [-0.1, -0.05) is 35.9 Å². The first kappa shape index (κ1) is 16.9. The highest BCUT2D eigenvalue weighted by Crippen LogP contribution is 2.24. The number of fused-ring (bicyclic) bond motifs is 2. The van der Waals surface area contributed by atoms with Crippen molar-refractivity contribution in [2.24, 2.45) is 0 Å². The Hall–Kier alpha value is -2.53. The van der Waals surface area contributed by atoms with Crippen molar-refractivity contribution in [3.8, 4) is 0 Å². The highest BCUT2D eigenvalue weighted by molar-refractivity contribution is 6.31. The molecule has 0 bridgehead atoms. The van der Waals surface area contributed by atoms with Crippen LogP contribution in [0.5, 0.6) is 0 Å². The third-order valence-corrected chi connectivity index (χ3v) is 5.24. The van der Waals surface area contributed by atoms with Crippen LogP contribution in [0.1, 0.15) is 24.5 Å². The molecule has 0 aliphatic carbocycles. The van der Waals surface area contributed by atoms with Crippen molar-refractivity contribution in [2.45, 2.75) is 38.9 Å². The Morgan fingerprint density at radius 1 is 1.23 bits per heavy atom. The number of hydrogen-bond acceptors (Lipinski definition) is 3. The van der Waals surface area contributed by atoms with E-state index in [9.17, 15) is 9.59 Å². The van der Waals surface area contributed by atoms with Crippen LogP contribution in [-0.4, -0.2) is 21.4 Å². The lowest BCUT2D eigenvalue weighted by atomic mass is 9.94. The number of aromatic nitrogens is 1. The van der Waals surface area contributed by atoms with Crippen LogP contribution >= 0.6 is 11.6 Å². The molecule has 3 aromatic rings. The molecule has 0 spiro atoms. The quantitative estimate of drug-likeness (QED) is 0.707. The third-order valence-electron chi connectivity index (χ3n) is 5.01. The van der Waals surface area contributed by atoms with Crippen molar-refractivity contribution in [3.63, 3.8) is 0 Å². The van der Waals surface area contributed by atoms with Gasteiger partial charge in [-0.2, -0.15) is 0 Å². The summed E-state index contributed by atoms with van der Waals surface area (Å²) in [7, 11) is 0. The normalized spacial score (nSPS) is 16.7. The molecule has 1 unspecified atom stereocenters. The van der Waals surface area contributed by atoms with E-state index in [4.69, 9.17) is 16.0 Å². The minimum Gasteiger partial charge on any atom is -0.408 e. The summed E-state index contributed by atoms with van der Waals surface area (Å²) in [5, 5.41) is 0.510. The van der Waals surface area contributed by atoms with Crippen LogP contribution in [-0.2, 0) is 24.3 Å². The van der Waals surface area contributed by atoms with Crippen molar-refractivity contribution in [2.75, 3.05) is 0 Å². The van der Waals surface area contributed by atoms with E-state index in [2.05, 4.69) is 19.1 Å². The number of oxazole rings is 1. The van der Waals surface area contributed by atoms with Crippen LogP contribution in [0.15, 0.2) is 51.7 Å². The van der Waals surface area contributed by atoms with E-state index >= 15 is 0 Å². The number of amides is 1. The van der Waals surface area contributed by atoms with Gasteiger partial charge in [0.05, 0.1) is 5.52 Å². The molecule has 1 aliphatic rings. The van der Waals surface area contributed by atoms with Gasteiger partial charge in [-0.3, -0.25) is 9.36 Å². The van der Waals surface area contributed by atoms with E-state index in [1.54, 1.807) is 18.2 Å². The minimum absolute atomic E-state index is 0.0437. The minimum atomic E-state index is -0.466. The summed E-state index contributed by atoms with van der Waals surface area (Å²) < 4.78 is 6.72. The Bertz CT molecular complexity index is 1040. The second-order valence-corrected chi connectivity index (χ2v) is 7.16. The molecular weight excluding hydrogens is 352 g/mol. The van der Waals surface area contributed by atoms with E-state index in [0.717, 1.165) is 6.42 Å². The van der Waals surface area contributed by atoms with E-state index in [1.165, 1.54) is 15.7 Å². The average Bonchev–Trinajstić information content (AvgIpc) is 2.93. The summed E-state index contributed by atoms with van der Waals surface area (Å²) >= 11 is 5.93. The Kier molecular flexibility index (Phi) is 4.32. The van der Waals surface area contributed by atoms with Crippen LogP contribution in [0.3, 0.4) is 0 Å². The van der Waals surface area contributed by atoms with Gasteiger partial charge in [0.25, 0.3) is 0 Å². The number of carbonyl (C=O) groups excluding carboxylic acids is 1. The van der Waals surface area contributed by atoms with Crippen LogP contribution in [0, 0.1) is 0 Å². The van der Waals surface area contributed by atoms with Gasteiger partial charge in [0.1, 0.15) is 0 Å². The molecule has 1 amide bonds. The molecule has 0 saturated heterocycles. The molecule has 2 aromatic carbocycles. The lowest BCUT2D eigenvalue weighted by molar-refractivity contribution is -0.134. The zero-order valence-electron chi connectivity index (χ0n) is 14.4. The van der Waals surface area contributed by atoms with Crippen LogP contribution in [0.25, 0.3) is 11.1 Å². The second kappa shape index (κ2) is 6.65. The summed E-state index contributed by atoms with van der Waals surface area (Å²) in [5.74, 6) is -0.422. The zero-order valence-corrected chi connectivity index (χ0v) is 15.2. The molecule has 1 atom stereocenters. The van der Waals surface area contributed by atoms with Crippen molar-refractivity contribution in [1.82, 2.24) is 9.47 Å². The molecule has 0 fully saturated rings. The van der Waals surface area contributed by atoms with Crippen LogP contribution in [0.2, 0.25) is 5.02 Å². The zero-order chi connectivity index (χ0) is 18.3. The van der Waals surface area contributed by atoms with Gasteiger partial charge < -0.3 is 9.32 Å². The first-order valence-electron chi connectivity index (χ1n) is 8.68. The fourth-order valence-electron chi connectivity index (χ4n) is 3.62. The highest BCUT2D eigenvalue weighted by Gasteiger charge is 2.26. The van der Waals surface area contributed by atoms with Crippen LogP contribution < -0.4 is 5.76 Å². The lowest BCUT2D eigenvalue weighted by Crippen LogP contribution is -2.43. The average molecular weight is 371 g/mol. The van der Waals surface area contributed by atoms with Crippen molar-refractivity contribution in [1.29, 1.82) is 0 Å². The molecule has 0 radical (unpaired) electrons. The van der Waals surface area contributed by atoms with Gasteiger partial charge in [-0.25, -0.2) is 4.79 Å². The van der Waals surface area contributed by atoms with Crippen molar-refractivity contribution < 1.29 is 9.21 Å². The summed E-state index contributed by atoms with van der Waals surface area (Å²) in [6, 6.07) is 13.4. The summed E-state index contributed by atoms with van der Waals surface area (Å²) in [6.45, 7) is 2.97. The first-order chi connectivity index (χ1) is 12.5. The number of halogens is 1. The van der Waals surface area contributed by atoms with Gasteiger partial charge in [-0.15, -0.1) is 0 Å². The maximum Gasteiger partial charge on any atom is 0.419 e. The number of hydrogen-bond donors (Lipinski definition) is 0. The number of nitrogens with zero attached hydrogens (tertiary/aromatic N) is 2. The predicted octanol–water partition coefficient (Wildman–Crippen LogP) is 3.61. The van der Waals surface area contributed by atoms with Gasteiger partial charge in [0.15, 0.2) is 5.58 Å². The Balaban J connectivity index is 1.51. The molecule has 5 nitrogen and oxygen atoms in total. The molecule has 1 aromatic heterocycles. The second-order valence-electron chi connectivity index (χ2n) is 6.73. The topological polar surface area (TPSA) is 55.5 Å². The first-order valence-corrected chi connectivity index (χ1v) is 9.06. The van der Waals surface area contributed by atoms with Crippen molar-refractivity contribution >= 4 is 28.6 Å². The Labute approximate surface area is 155 Å². The number of benzene rings is 2. The smallest absolute Gasteiger partial charge is 0.408 e. The molecule has 2 heterocycles. The van der Waals surface area contributed by atoms with Crippen LogP contribution in [0.4, 0.5) is 0 Å². The number of aryl methyl sites for hydroxylation is 1. The highest BCUT2D eigenvalue weighted by atomic mass is 35.5. The molecule has 1 aliphatic heterocycles. The largest absolute Gasteiger partial charge is 0.419 e. The Morgan fingerprint density at radius 3 is 2.81 bits per heavy atom. The molecule has 0 N–H and O–H groups in total. The fraction of sp³-hybridized carbons (Fsp3) is 0.300. The third kappa shape index (κ3) is 3.03. The number of carbonyl (C=O) groups is 1. The molecular formula is C20H19ClN2O3. The molecule has 134 valence electrons. The van der Waals surface area contributed by atoms with Crippen molar-refractivity contribution in [3.05, 3.63) is 69.2 Å². The summed E-state index contributed by atoms with van der Waals surface area (Å²) in [6.07, 6.45) is 1.11. The van der Waals surface area contributed by atoms with Gasteiger partial charge >= 0.3 is 5.76 Å². The fourth-order valence-corrected chi connectivity index (χ4v) is 3.78. The molecule has 6 heteroatoms. The van der Waals surface area contributed by atoms with E-state index < -0.39 is 5.76 Å². The maximum absolute atomic E-state index is 12.8. The molecule has 0 saturated carbocycles. The predicted molar refractivity (Wildman–Crippen MR) is 100 cm³/mol. The maximum atomic E-state index is 12.8. The Morgan fingerprint density at radius 2 is 2.00 bits per heavy atom. The lowest BCUT2D eigenvalue weighted by Gasteiger charge is -2.35. The standard InChI is InChI=1S/C20H19ClN2O3/c1-13-10-14-4-2-3-5-15(14)12-23(13)19(24)8-9-22-17-7-6-16(21)11-18(17)26-20(22)25/h2-7,11,13H,8-10,12H2,1H3. The molecule has 26 heavy (non-hydrogen) atoms. The van der Waals surface area contributed by atoms with E-state index in [-0.39, 0.29) is 24.9 Å². The molecule has 4 rings (SSSR count). The monoisotopic (exact) mass is 370 g/mol. The number of rotatable bonds is 3. The van der Waals surface area contributed by atoms with E-state index in [0.29, 0.717) is 22.7 Å². The van der Waals surface area contributed by atoms with Gasteiger partial charge in [-0.05, 0) is 36.6 Å². The summed E-state index contributed by atoms with van der Waals surface area (Å²) in [4.78, 5) is 26.8. The SMILES string of the molecule is CC1Cc2ccccc2CN1C(=O)CCn1c(=O)oc2cc(Cl)ccc21.